The molecule has 0 amide bonds. The molecular weight excluding hydrogens is 338 g/mol. The molecule has 0 aromatic heterocycles. The van der Waals surface area contributed by atoms with Gasteiger partial charge in [-0.05, 0) is 43.2 Å². The van der Waals surface area contributed by atoms with Crippen molar-refractivity contribution in [2.75, 3.05) is 13.2 Å². The summed E-state index contributed by atoms with van der Waals surface area (Å²) in [4.78, 5) is 5.57. The van der Waals surface area contributed by atoms with Crippen LogP contribution in [0, 0.1) is 0 Å². The summed E-state index contributed by atoms with van der Waals surface area (Å²) in [5.74, 6) is 0.665. The van der Waals surface area contributed by atoms with Crippen LogP contribution in [0.25, 0.3) is 0 Å². The SMILES string of the molecule is CCCCOc1ccc(S(=O)(=O)N(Cc2ccccc2)OCC)cc1. The zero-order valence-electron chi connectivity index (χ0n) is 14.7. The van der Waals surface area contributed by atoms with Crippen molar-refractivity contribution in [3.05, 3.63) is 60.2 Å². The largest absolute Gasteiger partial charge is 0.494 e. The third-order valence-electron chi connectivity index (χ3n) is 3.58. The van der Waals surface area contributed by atoms with Gasteiger partial charge < -0.3 is 4.74 Å². The third kappa shape index (κ3) is 5.56. The number of nitrogens with zero attached hydrogens (tertiary/aromatic N) is 1. The number of unbranched alkanes of at least 4 members (excludes halogenated alkanes) is 1. The maximum atomic E-state index is 12.9. The fourth-order valence-corrected chi connectivity index (χ4v) is 3.51. The summed E-state index contributed by atoms with van der Waals surface area (Å²) in [7, 11) is -3.75. The normalized spacial score (nSPS) is 11.6. The molecule has 0 atom stereocenters. The van der Waals surface area contributed by atoms with Crippen LogP contribution in [-0.4, -0.2) is 26.1 Å². The van der Waals surface area contributed by atoms with Crippen LogP contribution in [0.1, 0.15) is 32.3 Å². The predicted molar refractivity (Wildman–Crippen MR) is 97.6 cm³/mol. The van der Waals surface area contributed by atoms with Crippen LogP contribution in [0.5, 0.6) is 5.75 Å². The number of hydrogen-bond donors (Lipinski definition) is 0. The van der Waals surface area contributed by atoms with Gasteiger partial charge in [0.2, 0.25) is 0 Å². The van der Waals surface area contributed by atoms with E-state index in [9.17, 15) is 8.42 Å². The molecule has 2 aromatic rings. The van der Waals surface area contributed by atoms with Gasteiger partial charge in [0, 0.05) is 0 Å². The molecule has 0 unspecified atom stereocenters. The molecule has 0 aliphatic carbocycles. The van der Waals surface area contributed by atoms with Gasteiger partial charge in [-0.2, -0.15) is 0 Å². The van der Waals surface area contributed by atoms with Gasteiger partial charge in [-0.25, -0.2) is 8.42 Å². The Labute approximate surface area is 150 Å². The second-order valence-electron chi connectivity index (χ2n) is 5.54. The van der Waals surface area contributed by atoms with Crippen LogP contribution in [0.3, 0.4) is 0 Å². The summed E-state index contributed by atoms with van der Waals surface area (Å²) in [6.45, 7) is 4.91. The molecule has 0 saturated heterocycles. The number of sulfonamides is 1. The van der Waals surface area contributed by atoms with E-state index in [2.05, 4.69) is 6.92 Å². The van der Waals surface area contributed by atoms with E-state index in [1.165, 1.54) is 0 Å². The molecular formula is C19H25NO4S. The number of hydrogen-bond acceptors (Lipinski definition) is 4. The first kappa shape index (κ1) is 19.4. The Morgan fingerprint density at radius 2 is 1.64 bits per heavy atom. The number of benzene rings is 2. The van der Waals surface area contributed by atoms with Crippen LogP contribution in [0.4, 0.5) is 0 Å². The highest BCUT2D eigenvalue weighted by Crippen LogP contribution is 2.22. The zero-order chi connectivity index (χ0) is 18.1. The first-order chi connectivity index (χ1) is 12.1. The van der Waals surface area contributed by atoms with Crippen LogP contribution < -0.4 is 4.74 Å². The van der Waals surface area contributed by atoms with E-state index in [1.54, 1.807) is 31.2 Å². The molecule has 0 fully saturated rings. The minimum absolute atomic E-state index is 0.158. The lowest BCUT2D eigenvalue weighted by molar-refractivity contribution is -0.0847. The van der Waals surface area contributed by atoms with Gasteiger partial charge in [-0.3, -0.25) is 4.84 Å². The minimum Gasteiger partial charge on any atom is -0.494 e. The molecule has 0 saturated carbocycles. The summed E-state index contributed by atoms with van der Waals surface area (Å²) in [5, 5.41) is 0. The molecule has 136 valence electrons. The summed E-state index contributed by atoms with van der Waals surface area (Å²) in [6.07, 6.45) is 2.02. The Bertz CT molecular complexity index is 730. The molecule has 0 radical (unpaired) electrons. The quantitative estimate of drug-likeness (QED) is 0.473. The number of rotatable bonds is 10. The predicted octanol–water partition coefficient (Wildman–Crippen LogP) is 4.01. The van der Waals surface area contributed by atoms with Gasteiger partial charge in [-0.1, -0.05) is 48.1 Å². The van der Waals surface area contributed by atoms with Gasteiger partial charge in [0.25, 0.3) is 10.0 Å². The maximum absolute atomic E-state index is 12.9. The first-order valence-corrected chi connectivity index (χ1v) is 9.94. The topological polar surface area (TPSA) is 55.8 Å². The molecule has 0 aliphatic rings. The van der Waals surface area contributed by atoms with Gasteiger partial charge in [-0.15, -0.1) is 0 Å². The molecule has 0 heterocycles. The molecule has 25 heavy (non-hydrogen) atoms. The smallest absolute Gasteiger partial charge is 0.265 e. The third-order valence-corrected chi connectivity index (χ3v) is 5.22. The van der Waals surface area contributed by atoms with Crippen molar-refractivity contribution in [1.29, 1.82) is 0 Å². The number of hydroxylamine groups is 1. The lowest BCUT2D eigenvalue weighted by Crippen LogP contribution is -2.31. The fraction of sp³-hybridized carbons (Fsp3) is 0.368. The Hall–Kier alpha value is -1.89. The van der Waals surface area contributed by atoms with Crippen LogP contribution in [0.15, 0.2) is 59.5 Å². The molecule has 2 rings (SSSR count). The van der Waals surface area contributed by atoms with Gasteiger partial charge >= 0.3 is 0 Å². The Morgan fingerprint density at radius 3 is 2.24 bits per heavy atom. The van der Waals surface area contributed by atoms with Crippen molar-refractivity contribution in [3.63, 3.8) is 0 Å². The van der Waals surface area contributed by atoms with Gasteiger partial charge in [0.05, 0.1) is 24.7 Å². The van der Waals surface area contributed by atoms with E-state index < -0.39 is 10.0 Å². The van der Waals surface area contributed by atoms with Crippen molar-refractivity contribution in [2.45, 2.75) is 38.1 Å². The lowest BCUT2D eigenvalue weighted by Gasteiger charge is -2.21. The Kier molecular flexibility index (Phi) is 7.43. The van der Waals surface area contributed by atoms with E-state index in [4.69, 9.17) is 9.57 Å². The summed E-state index contributed by atoms with van der Waals surface area (Å²) in [6, 6.07) is 15.8. The van der Waals surface area contributed by atoms with Crippen LogP contribution >= 0.6 is 0 Å². The van der Waals surface area contributed by atoms with Crippen molar-refractivity contribution in [3.8, 4) is 5.75 Å². The van der Waals surface area contributed by atoms with Crippen molar-refractivity contribution >= 4 is 10.0 Å². The van der Waals surface area contributed by atoms with Crippen LogP contribution in [-0.2, 0) is 21.4 Å². The molecule has 0 N–H and O–H groups in total. The lowest BCUT2D eigenvalue weighted by atomic mass is 10.2. The van der Waals surface area contributed by atoms with E-state index >= 15 is 0 Å². The molecule has 2 aromatic carbocycles. The minimum atomic E-state index is -3.75. The van der Waals surface area contributed by atoms with E-state index in [-0.39, 0.29) is 18.0 Å². The van der Waals surface area contributed by atoms with E-state index in [0.29, 0.717) is 12.4 Å². The second kappa shape index (κ2) is 9.56. The Balaban J connectivity index is 2.15. The van der Waals surface area contributed by atoms with E-state index in [0.717, 1.165) is 22.9 Å². The highest BCUT2D eigenvalue weighted by atomic mass is 32.2. The van der Waals surface area contributed by atoms with Crippen LogP contribution in [0.2, 0.25) is 0 Å². The van der Waals surface area contributed by atoms with E-state index in [1.807, 2.05) is 30.3 Å². The molecule has 6 heteroatoms. The highest BCUT2D eigenvalue weighted by Gasteiger charge is 2.25. The summed E-state index contributed by atoms with van der Waals surface area (Å²) >= 11 is 0. The monoisotopic (exact) mass is 363 g/mol. The average Bonchev–Trinajstić information content (AvgIpc) is 2.63. The number of ether oxygens (including phenoxy) is 1. The zero-order valence-corrected chi connectivity index (χ0v) is 15.5. The maximum Gasteiger partial charge on any atom is 0.265 e. The fourth-order valence-electron chi connectivity index (χ4n) is 2.24. The van der Waals surface area contributed by atoms with Gasteiger partial charge in [0.15, 0.2) is 0 Å². The molecule has 5 nitrogen and oxygen atoms in total. The van der Waals surface area contributed by atoms with Gasteiger partial charge in [0.1, 0.15) is 5.75 Å². The second-order valence-corrected chi connectivity index (χ2v) is 7.37. The first-order valence-electron chi connectivity index (χ1n) is 8.50. The summed E-state index contributed by atoms with van der Waals surface area (Å²) < 4.78 is 32.3. The van der Waals surface area contributed by atoms with Crippen molar-refractivity contribution in [2.24, 2.45) is 0 Å². The van der Waals surface area contributed by atoms with Crippen molar-refractivity contribution in [1.82, 2.24) is 4.47 Å². The molecule has 0 spiro atoms. The standard InChI is InChI=1S/C19H25NO4S/c1-3-5-15-23-18-11-13-19(14-12-18)25(21,22)20(24-4-2)16-17-9-7-6-8-10-17/h6-14H,3-5,15-16H2,1-2H3. The summed E-state index contributed by atoms with van der Waals surface area (Å²) in [5.41, 5.74) is 0.860. The average molecular weight is 363 g/mol. The highest BCUT2D eigenvalue weighted by molar-refractivity contribution is 7.89. The molecule has 0 bridgehead atoms. The Morgan fingerprint density at radius 1 is 0.960 bits per heavy atom. The molecule has 0 aliphatic heterocycles. The van der Waals surface area contributed by atoms with Crippen molar-refractivity contribution < 1.29 is 18.0 Å².